The third-order valence-corrected chi connectivity index (χ3v) is 8.01. The Bertz CT molecular complexity index is 1020. The van der Waals surface area contributed by atoms with Gasteiger partial charge in [0.1, 0.15) is 5.54 Å². The molecule has 3 aliphatic heterocycles. The second-order valence-electron chi connectivity index (χ2n) is 10.7. The van der Waals surface area contributed by atoms with Crippen molar-refractivity contribution in [1.82, 2.24) is 15.5 Å². The van der Waals surface area contributed by atoms with Crippen molar-refractivity contribution < 1.29 is 9.59 Å². The van der Waals surface area contributed by atoms with Crippen LogP contribution < -0.4 is 10.6 Å². The Morgan fingerprint density at radius 2 is 1.85 bits per heavy atom. The van der Waals surface area contributed by atoms with Crippen LogP contribution in [0.1, 0.15) is 43.4 Å². The molecule has 2 amide bonds. The standard InChI is InChI=1S/C28H35N3O2/c1-18(2)13-23-24-14-22-17-31(16-21-11-9-19(3)10-12-21)25(23)28(22,30-26(24)32)27(33)29-15-20-7-5-4-6-8-20/h4-12,18,22-25H,13-17H2,1-3H3,(H,29,33)(H,30,32). The number of nitrogens with one attached hydrogen (secondary N) is 2. The predicted octanol–water partition coefficient (Wildman–Crippen LogP) is 3.66. The molecule has 1 saturated carbocycles. The van der Waals surface area contributed by atoms with Gasteiger partial charge in [-0.1, -0.05) is 74.0 Å². The molecule has 4 bridgehead atoms. The van der Waals surface area contributed by atoms with Crippen molar-refractivity contribution in [3.63, 3.8) is 0 Å². The average Bonchev–Trinajstić information content (AvgIpc) is 3.02. The maximum atomic E-state index is 13.9. The van der Waals surface area contributed by atoms with E-state index in [-0.39, 0.29) is 35.6 Å². The monoisotopic (exact) mass is 445 g/mol. The Labute approximate surface area is 196 Å². The molecule has 0 spiro atoms. The van der Waals surface area contributed by atoms with Crippen LogP contribution in [0.3, 0.4) is 0 Å². The third kappa shape index (κ3) is 3.86. The molecule has 33 heavy (non-hydrogen) atoms. The van der Waals surface area contributed by atoms with Crippen LogP contribution in [0.2, 0.25) is 0 Å². The van der Waals surface area contributed by atoms with Crippen LogP contribution in [0.4, 0.5) is 0 Å². The molecule has 2 aromatic rings. The summed E-state index contributed by atoms with van der Waals surface area (Å²) in [5.41, 5.74) is 2.74. The number of nitrogens with zero attached hydrogens (tertiary/aromatic N) is 1. The lowest BCUT2D eigenvalue weighted by Crippen LogP contribution is -2.77. The molecule has 0 aromatic heterocycles. The summed E-state index contributed by atoms with van der Waals surface area (Å²) in [7, 11) is 0. The van der Waals surface area contributed by atoms with E-state index in [0.29, 0.717) is 12.5 Å². The predicted molar refractivity (Wildman–Crippen MR) is 129 cm³/mol. The van der Waals surface area contributed by atoms with E-state index in [9.17, 15) is 9.59 Å². The van der Waals surface area contributed by atoms with Crippen LogP contribution >= 0.6 is 0 Å². The number of carbonyl (C=O) groups is 2. The van der Waals surface area contributed by atoms with Crippen molar-refractivity contribution >= 4 is 11.8 Å². The summed E-state index contributed by atoms with van der Waals surface area (Å²) < 4.78 is 0. The first-order chi connectivity index (χ1) is 15.9. The van der Waals surface area contributed by atoms with Crippen LogP contribution in [0.15, 0.2) is 54.6 Å². The lowest BCUT2D eigenvalue weighted by molar-refractivity contribution is -0.155. The highest BCUT2D eigenvalue weighted by Crippen LogP contribution is 2.54. The number of carbonyl (C=O) groups excluding carboxylic acids is 2. The van der Waals surface area contributed by atoms with Crippen LogP contribution in [-0.2, 0) is 22.7 Å². The molecule has 2 aromatic carbocycles. The van der Waals surface area contributed by atoms with E-state index < -0.39 is 5.54 Å². The van der Waals surface area contributed by atoms with E-state index in [0.717, 1.165) is 31.5 Å². The van der Waals surface area contributed by atoms with Gasteiger partial charge in [0.15, 0.2) is 0 Å². The minimum Gasteiger partial charge on any atom is -0.350 e. The van der Waals surface area contributed by atoms with Gasteiger partial charge in [-0.2, -0.15) is 0 Å². The number of rotatable bonds is 7. The number of hydrogen-bond donors (Lipinski definition) is 2. The smallest absolute Gasteiger partial charge is 0.248 e. The van der Waals surface area contributed by atoms with Gasteiger partial charge in [0.25, 0.3) is 0 Å². The molecule has 0 radical (unpaired) electrons. The zero-order valence-corrected chi connectivity index (χ0v) is 19.9. The lowest BCUT2D eigenvalue weighted by atomic mass is 9.57. The molecular formula is C28H35N3O2. The van der Waals surface area contributed by atoms with Gasteiger partial charge in [-0.3, -0.25) is 14.5 Å². The van der Waals surface area contributed by atoms with Gasteiger partial charge in [0, 0.05) is 37.5 Å². The normalized spacial score (nSPS) is 30.5. The van der Waals surface area contributed by atoms with Gasteiger partial charge >= 0.3 is 0 Å². The van der Waals surface area contributed by atoms with E-state index >= 15 is 0 Å². The Morgan fingerprint density at radius 1 is 1.12 bits per heavy atom. The molecular weight excluding hydrogens is 410 g/mol. The number of benzene rings is 2. The highest BCUT2D eigenvalue weighted by Gasteiger charge is 2.70. The molecule has 1 aliphatic carbocycles. The minimum absolute atomic E-state index is 0.00853. The summed E-state index contributed by atoms with van der Waals surface area (Å²) in [5.74, 6) is 0.884. The molecule has 2 N–H and O–H groups in total. The van der Waals surface area contributed by atoms with E-state index in [1.165, 1.54) is 11.1 Å². The quantitative estimate of drug-likeness (QED) is 0.684. The number of piperidine rings is 2. The zero-order chi connectivity index (χ0) is 23.2. The Morgan fingerprint density at radius 3 is 2.55 bits per heavy atom. The highest BCUT2D eigenvalue weighted by atomic mass is 16.2. The molecule has 5 heteroatoms. The Kier molecular flexibility index (Phi) is 5.77. The third-order valence-electron chi connectivity index (χ3n) is 8.01. The first-order valence-electron chi connectivity index (χ1n) is 12.3. The summed E-state index contributed by atoms with van der Waals surface area (Å²) in [6.07, 6.45) is 1.77. The van der Waals surface area contributed by atoms with Gasteiger partial charge < -0.3 is 10.6 Å². The van der Waals surface area contributed by atoms with Crippen LogP contribution in [0.5, 0.6) is 0 Å². The summed E-state index contributed by atoms with van der Waals surface area (Å²) in [5, 5.41) is 6.45. The lowest BCUT2D eigenvalue weighted by Gasteiger charge is -2.55. The number of aryl methyl sites for hydroxylation is 1. The fourth-order valence-electron chi connectivity index (χ4n) is 6.64. The van der Waals surface area contributed by atoms with Crippen LogP contribution in [0, 0.1) is 30.6 Å². The molecule has 3 saturated heterocycles. The topological polar surface area (TPSA) is 61.4 Å². The Balaban J connectivity index is 1.46. The van der Waals surface area contributed by atoms with Gasteiger partial charge in [0.2, 0.25) is 11.8 Å². The van der Waals surface area contributed by atoms with E-state index in [4.69, 9.17) is 0 Å². The summed E-state index contributed by atoms with van der Waals surface area (Å²) >= 11 is 0. The first kappa shape index (κ1) is 22.1. The minimum atomic E-state index is -0.842. The number of amides is 2. The van der Waals surface area contributed by atoms with Crippen molar-refractivity contribution in [2.24, 2.45) is 23.7 Å². The fourth-order valence-corrected chi connectivity index (χ4v) is 6.64. The van der Waals surface area contributed by atoms with Crippen LogP contribution in [-0.4, -0.2) is 34.8 Å². The van der Waals surface area contributed by atoms with E-state index in [2.05, 4.69) is 60.6 Å². The van der Waals surface area contributed by atoms with Crippen molar-refractivity contribution in [3.8, 4) is 0 Å². The first-order valence-corrected chi connectivity index (χ1v) is 12.3. The average molecular weight is 446 g/mol. The zero-order valence-electron chi connectivity index (χ0n) is 19.9. The van der Waals surface area contributed by atoms with Gasteiger partial charge in [-0.25, -0.2) is 0 Å². The van der Waals surface area contributed by atoms with Crippen molar-refractivity contribution in [2.45, 2.75) is 58.3 Å². The van der Waals surface area contributed by atoms with Crippen molar-refractivity contribution in [2.75, 3.05) is 6.54 Å². The van der Waals surface area contributed by atoms with E-state index in [1.54, 1.807) is 0 Å². The van der Waals surface area contributed by atoms with Gasteiger partial charge in [0.05, 0.1) is 0 Å². The number of fused-ring (bicyclic) bond motifs is 1. The van der Waals surface area contributed by atoms with Crippen molar-refractivity contribution in [1.29, 1.82) is 0 Å². The largest absolute Gasteiger partial charge is 0.350 e. The molecule has 174 valence electrons. The Hall–Kier alpha value is -2.66. The number of hydrogen-bond acceptors (Lipinski definition) is 3. The molecule has 5 nitrogen and oxygen atoms in total. The second kappa shape index (κ2) is 8.60. The summed E-state index contributed by atoms with van der Waals surface area (Å²) in [6.45, 7) is 8.69. The fraction of sp³-hybridized carbons (Fsp3) is 0.500. The second-order valence-corrected chi connectivity index (χ2v) is 10.7. The molecule has 6 rings (SSSR count). The molecule has 4 fully saturated rings. The maximum Gasteiger partial charge on any atom is 0.248 e. The van der Waals surface area contributed by atoms with Gasteiger partial charge in [-0.05, 0) is 42.7 Å². The molecule has 4 aliphatic rings. The summed E-state index contributed by atoms with van der Waals surface area (Å²) in [4.78, 5) is 29.5. The van der Waals surface area contributed by atoms with Crippen molar-refractivity contribution in [3.05, 3.63) is 71.3 Å². The summed E-state index contributed by atoms with van der Waals surface area (Å²) in [6, 6.07) is 18.7. The van der Waals surface area contributed by atoms with Crippen LogP contribution in [0.25, 0.3) is 0 Å². The SMILES string of the molecule is Cc1ccc(CN2CC3CC4C(=O)NC3(C(=O)NCc3ccccc3)C2C4CC(C)C)cc1. The highest BCUT2D eigenvalue weighted by molar-refractivity contribution is 5.97. The van der Waals surface area contributed by atoms with E-state index in [1.807, 2.05) is 30.3 Å². The molecule has 5 unspecified atom stereocenters. The molecule has 5 atom stereocenters. The van der Waals surface area contributed by atoms with Gasteiger partial charge in [-0.15, -0.1) is 0 Å². The number of likely N-dealkylation sites (tertiary alicyclic amines) is 1. The maximum absolute atomic E-state index is 13.9. The molecule has 3 heterocycles.